The van der Waals surface area contributed by atoms with Crippen molar-refractivity contribution in [1.82, 2.24) is 10.2 Å². The Morgan fingerprint density at radius 2 is 2.44 bits per heavy atom. The lowest BCUT2D eigenvalue weighted by Crippen LogP contribution is -2.08. The topological polar surface area (TPSA) is 75.2 Å². The van der Waals surface area contributed by atoms with Crippen molar-refractivity contribution in [2.24, 2.45) is 0 Å². The quantitative estimate of drug-likeness (QED) is 0.761. The van der Waals surface area contributed by atoms with Crippen LogP contribution in [0, 0.1) is 0 Å². The number of H-pyrrole nitrogens is 1. The number of aromatic amines is 1. The van der Waals surface area contributed by atoms with Crippen molar-refractivity contribution in [3.8, 4) is 0 Å². The molecule has 2 rings (SSSR count). The minimum Gasteiger partial charge on any atom is -0.469 e. The van der Waals surface area contributed by atoms with Gasteiger partial charge in [-0.3, -0.25) is 9.89 Å². The van der Waals surface area contributed by atoms with E-state index in [1.54, 1.807) is 12.3 Å². The molecule has 0 aliphatic carbocycles. The maximum absolute atomic E-state index is 11.1. The lowest BCUT2D eigenvalue weighted by Gasteiger charge is -2.10. The Hall–Kier alpha value is -1.88. The van der Waals surface area contributed by atoms with Crippen LogP contribution in [0.3, 0.4) is 0 Å². The van der Waals surface area contributed by atoms with Crippen LogP contribution >= 0.6 is 0 Å². The number of para-hydroxylation sites is 1. The average Bonchev–Trinajstić information content (AvgIpc) is 2.76. The van der Waals surface area contributed by atoms with Gasteiger partial charge in [0, 0.05) is 10.9 Å². The molecule has 2 N–H and O–H groups in total. The van der Waals surface area contributed by atoms with E-state index in [0.717, 1.165) is 10.9 Å². The van der Waals surface area contributed by atoms with Crippen molar-refractivity contribution in [3.63, 3.8) is 0 Å². The van der Waals surface area contributed by atoms with Gasteiger partial charge < -0.3 is 9.84 Å². The highest BCUT2D eigenvalue weighted by Crippen LogP contribution is 2.24. The van der Waals surface area contributed by atoms with Crippen LogP contribution in [-0.2, 0) is 9.53 Å². The molecule has 0 aliphatic heterocycles. The molecule has 16 heavy (non-hydrogen) atoms. The molecule has 5 nitrogen and oxygen atoms in total. The number of hydrogen-bond donors (Lipinski definition) is 2. The second kappa shape index (κ2) is 4.32. The van der Waals surface area contributed by atoms with Gasteiger partial charge in [-0.25, -0.2) is 0 Å². The molecule has 0 unspecified atom stereocenters. The number of aliphatic hydroxyl groups is 1. The first-order valence-electron chi connectivity index (χ1n) is 4.89. The molecule has 1 heterocycles. The number of nitrogens with one attached hydrogen (secondary N) is 1. The summed E-state index contributed by atoms with van der Waals surface area (Å²) in [5.41, 5.74) is 1.40. The Morgan fingerprint density at radius 3 is 3.19 bits per heavy atom. The third kappa shape index (κ3) is 1.90. The molecule has 0 saturated heterocycles. The summed E-state index contributed by atoms with van der Waals surface area (Å²) in [6.07, 6.45) is 0.731. The summed E-state index contributed by atoms with van der Waals surface area (Å²) >= 11 is 0. The van der Waals surface area contributed by atoms with Gasteiger partial charge in [-0.2, -0.15) is 5.10 Å². The zero-order valence-electron chi connectivity index (χ0n) is 8.80. The van der Waals surface area contributed by atoms with E-state index in [1.165, 1.54) is 7.11 Å². The molecule has 84 valence electrons. The molecule has 0 spiro atoms. The number of aliphatic hydroxyl groups excluding tert-OH is 1. The first-order chi connectivity index (χ1) is 7.72. The Labute approximate surface area is 92.0 Å². The fourth-order valence-electron chi connectivity index (χ4n) is 1.62. The lowest BCUT2D eigenvalue weighted by molar-refractivity contribution is -0.142. The van der Waals surface area contributed by atoms with E-state index in [-0.39, 0.29) is 6.42 Å². The van der Waals surface area contributed by atoms with Crippen LogP contribution in [0.15, 0.2) is 24.4 Å². The number of methoxy groups -OCH3 is 1. The highest BCUT2D eigenvalue weighted by molar-refractivity contribution is 5.82. The van der Waals surface area contributed by atoms with Crippen LogP contribution in [0.5, 0.6) is 0 Å². The Bertz CT molecular complexity index is 507. The maximum atomic E-state index is 11.1. The molecule has 0 saturated carbocycles. The summed E-state index contributed by atoms with van der Waals surface area (Å²) in [6.45, 7) is 0. The van der Waals surface area contributed by atoms with Crippen LogP contribution < -0.4 is 0 Å². The van der Waals surface area contributed by atoms with E-state index in [2.05, 4.69) is 14.9 Å². The van der Waals surface area contributed by atoms with Gasteiger partial charge in [0.15, 0.2) is 0 Å². The van der Waals surface area contributed by atoms with Gasteiger partial charge >= 0.3 is 5.97 Å². The van der Waals surface area contributed by atoms with Crippen molar-refractivity contribution in [2.75, 3.05) is 7.11 Å². The number of carbonyl (C=O) groups excluding carboxylic acids is 1. The summed E-state index contributed by atoms with van der Waals surface area (Å²) in [4.78, 5) is 11.1. The molecule has 0 fully saturated rings. The summed E-state index contributed by atoms with van der Waals surface area (Å²) in [7, 11) is 1.30. The summed E-state index contributed by atoms with van der Waals surface area (Å²) in [5.74, 6) is -0.441. The number of ether oxygens (including phenoxy) is 1. The molecular formula is C11H12N2O3. The highest BCUT2D eigenvalue weighted by atomic mass is 16.5. The molecule has 1 aromatic carbocycles. The zero-order chi connectivity index (χ0) is 11.5. The number of aromatic nitrogens is 2. The number of carbonyl (C=O) groups is 1. The van der Waals surface area contributed by atoms with Crippen molar-refractivity contribution in [1.29, 1.82) is 0 Å². The molecule has 5 heteroatoms. The first kappa shape index (κ1) is 10.6. The van der Waals surface area contributed by atoms with Gasteiger partial charge in [-0.15, -0.1) is 0 Å². The molecule has 1 atom stereocenters. The van der Waals surface area contributed by atoms with E-state index in [1.807, 2.05) is 12.1 Å². The Kier molecular flexibility index (Phi) is 2.87. The largest absolute Gasteiger partial charge is 0.469 e. The average molecular weight is 220 g/mol. The molecular weight excluding hydrogens is 208 g/mol. The van der Waals surface area contributed by atoms with Crippen LogP contribution in [0.25, 0.3) is 10.9 Å². The van der Waals surface area contributed by atoms with Crippen molar-refractivity contribution >= 4 is 16.9 Å². The summed E-state index contributed by atoms with van der Waals surface area (Å²) < 4.78 is 4.51. The predicted octanol–water partition coefficient (Wildman–Crippen LogP) is 1.16. The molecule has 1 aromatic heterocycles. The smallest absolute Gasteiger partial charge is 0.308 e. The van der Waals surface area contributed by atoms with Gasteiger partial charge in [0.1, 0.15) is 0 Å². The summed E-state index contributed by atoms with van der Waals surface area (Å²) in [5, 5.41) is 17.5. The molecule has 0 bridgehead atoms. The van der Waals surface area contributed by atoms with Crippen LogP contribution in [0.2, 0.25) is 0 Å². The van der Waals surface area contributed by atoms with E-state index in [0.29, 0.717) is 5.56 Å². The standard InChI is InChI=1S/C11H12N2O3/c1-16-10(15)5-9(14)8-4-2-3-7-6-12-13-11(7)8/h2-4,6,9,14H,5H2,1H3,(H,12,13)/t9-/m0/s1. The first-order valence-corrected chi connectivity index (χ1v) is 4.89. The number of nitrogens with zero attached hydrogens (tertiary/aromatic N) is 1. The maximum Gasteiger partial charge on any atom is 0.308 e. The molecule has 2 aromatic rings. The normalized spacial score (nSPS) is 12.6. The van der Waals surface area contributed by atoms with Crippen LogP contribution in [0.1, 0.15) is 18.1 Å². The summed E-state index contributed by atoms with van der Waals surface area (Å²) in [6, 6.07) is 5.45. The van der Waals surface area contributed by atoms with Crippen molar-refractivity contribution in [3.05, 3.63) is 30.0 Å². The second-order valence-corrected chi connectivity index (χ2v) is 3.48. The van der Waals surface area contributed by atoms with E-state index < -0.39 is 12.1 Å². The number of rotatable bonds is 3. The molecule has 0 aliphatic rings. The Balaban J connectivity index is 2.32. The minimum absolute atomic E-state index is 0.0609. The van der Waals surface area contributed by atoms with Crippen molar-refractivity contribution in [2.45, 2.75) is 12.5 Å². The van der Waals surface area contributed by atoms with E-state index >= 15 is 0 Å². The second-order valence-electron chi connectivity index (χ2n) is 3.48. The van der Waals surface area contributed by atoms with E-state index in [4.69, 9.17) is 0 Å². The van der Waals surface area contributed by atoms with Gasteiger partial charge in [0.2, 0.25) is 0 Å². The number of hydrogen-bond acceptors (Lipinski definition) is 4. The van der Waals surface area contributed by atoms with Gasteiger partial charge in [0.25, 0.3) is 0 Å². The van der Waals surface area contributed by atoms with Crippen molar-refractivity contribution < 1.29 is 14.6 Å². The molecule has 0 radical (unpaired) electrons. The number of esters is 1. The van der Waals surface area contributed by atoms with E-state index in [9.17, 15) is 9.90 Å². The number of fused-ring (bicyclic) bond motifs is 1. The van der Waals surface area contributed by atoms with Gasteiger partial charge in [-0.1, -0.05) is 18.2 Å². The SMILES string of the molecule is COC(=O)C[C@H](O)c1cccc2cn[nH]c12. The van der Waals surface area contributed by atoms with Gasteiger partial charge in [0.05, 0.1) is 31.3 Å². The number of benzene rings is 1. The lowest BCUT2D eigenvalue weighted by atomic mass is 10.0. The third-order valence-corrected chi connectivity index (χ3v) is 2.46. The highest BCUT2D eigenvalue weighted by Gasteiger charge is 2.16. The van der Waals surface area contributed by atoms with Crippen LogP contribution in [-0.4, -0.2) is 28.4 Å². The fourth-order valence-corrected chi connectivity index (χ4v) is 1.62. The minimum atomic E-state index is -0.878. The monoisotopic (exact) mass is 220 g/mol. The fraction of sp³-hybridized carbons (Fsp3) is 0.273. The van der Waals surface area contributed by atoms with Crippen LogP contribution in [0.4, 0.5) is 0 Å². The zero-order valence-corrected chi connectivity index (χ0v) is 8.80. The predicted molar refractivity (Wildman–Crippen MR) is 57.7 cm³/mol. The molecule has 0 amide bonds. The third-order valence-electron chi connectivity index (χ3n) is 2.46. The Morgan fingerprint density at radius 1 is 1.62 bits per heavy atom. The van der Waals surface area contributed by atoms with Gasteiger partial charge in [-0.05, 0) is 0 Å².